The number of nitrogens with zero attached hydrogens (tertiary/aromatic N) is 2. The van der Waals surface area contributed by atoms with Gasteiger partial charge in [0.2, 0.25) is 11.8 Å². The van der Waals surface area contributed by atoms with E-state index in [0.717, 1.165) is 23.1 Å². The lowest BCUT2D eigenvalue weighted by Gasteiger charge is -2.27. The van der Waals surface area contributed by atoms with E-state index in [4.69, 9.17) is 5.73 Å². The summed E-state index contributed by atoms with van der Waals surface area (Å²) >= 11 is 0. The van der Waals surface area contributed by atoms with Gasteiger partial charge in [0.1, 0.15) is 0 Å². The van der Waals surface area contributed by atoms with Crippen molar-refractivity contribution in [2.45, 2.75) is 32.6 Å². The zero-order chi connectivity index (χ0) is 18.6. The highest BCUT2D eigenvalue weighted by molar-refractivity contribution is 5.85. The van der Waals surface area contributed by atoms with Gasteiger partial charge in [0.05, 0.1) is 5.41 Å². The maximum absolute atomic E-state index is 12.4. The highest BCUT2D eigenvalue weighted by Crippen LogP contribution is 2.37. The molecular weight excluding hydrogens is 326 g/mol. The van der Waals surface area contributed by atoms with Crippen molar-refractivity contribution in [2.75, 3.05) is 13.1 Å². The zero-order valence-electron chi connectivity index (χ0n) is 15.1. The molecule has 136 valence electrons. The lowest BCUT2D eigenvalue weighted by Crippen LogP contribution is -2.42. The van der Waals surface area contributed by atoms with Crippen LogP contribution in [0, 0.1) is 5.41 Å². The monoisotopic (exact) mass is 351 g/mol. The summed E-state index contributed by atoms with van der Waals surface area (Å²) in [4.78, 5) is 30.5. The second-order valence-electron chi connectivity index (χ2n) is 7.03. The van der Waals surface area contributed by atoms with Crippen LogP contribution in [-0.2, 0) is 16.0 Å². The van der Waals surface area contributed by atoms with Gasteiger partial charge in [-0.1, -0.05) is 31.2 Å². The average molecular weight is 351 g/mol. The zero-order valence-corrected chi connectivity index (χ0v) is 15.1. The second-order valence-corrected chi connectivity index (χ2v) is 7.03. The van der Waals surface area contributed by atoms with Crippen molar-refractivity contribution in [3.8, 4) is 11.1 Å². The lowest BCUT2D eigenvalue weighted by atomic mass is 9.78. The van der Waals surface area contributed by atoms with Crippen molar-refractivity contribution in [1.82, 2.24) is 9.88 Å². The second kappa shape index (κ2) is 7.68. The van der Waals surface area contributed by atoms with E-state index in [2.05, 4.69) is 4.98 Å². The van der Waals surface area contributed by atoms with Gasteiger partial charge in [0, 0.05) is 31.9 Å². The number of carbonyl (C=O) groups excluding carboxylic acids is 2. The molecule has 0 unspecified atom stereocenters. The Balaban J connectivity index is 1.89. The van der Waals surface area contributed by atoms with Gasteiger partial charge in [-0.2, -0.15) is 0 Å². The Morgan fingerprint density at radius 1 is 1.19 bits per heavy atom. The summed E-state index contributed by atoms with van der Waals surface area (Å²) in [7, 11) is 0. The van der Waals surface area contributed by atoms with Gasteiger partial charge in [-0.3, -0.25) is 14.6 Å². The summed E-state index contributed by atoms with van der Waals surface area (Å²) in [5.41, 5.74) is 8.33. The quantitative estimate of drug-likeness (QED) is 0.869. The van der Waals surface area contributed by atoms with Gasteiger partial charge < -0.3 is 10.6 Å². The normalized spacial score (nSPS) is 19.5. The Hall–Kier alpha value is -2.69. The van der Waals surface area contributed by atoms with Crippen molar-refractivity contribution in [3.63, 3.8) is 0 Å². The van der Waals surface area contributed by atoms with Crippen LogP contribution >= 0.6 is 0 Å². The van der Waals surface area contributed by atoms with E-state index in [1.54, 1.807) is 17.3 Å². The first-order valence-corrected chi connectivity index (χ1v) is 9.12. The van der Waals surface area contributed by atoms with Crippen LogP contribution in [0.3, 0.4) is 0 Å². The molecule has 0 aliphatic carbocycles. The van der Waals surface area contributed by atoms with Crippen molar-refractivity contribution in [1.29, 1.82) is 0 Å². The molecule has 2 heterocycles. The SMILES string of the molecule is CCCC(=O)N1CC[C@](Cc2ccccc2-c2ccncc2)(C(N)=O)C1. The minimum absolute atomic E-state index is 0.109. The maximum Gasteiger partial charge on any atom is 0.225 e. The first kappa shape index (κ1) is 18.1. The molecule has 0 spiro atoms. The molecule has 5 nitrogen and oxygen atoms in total. The number of primary amides is 1. The van der Waals surface area contributed by atoms with Gasteiger partial charge in [-0.15, -0.1) is 0 Å². The topological polar surface area (TPSA) is 76.3 Å². The first-order chi connectivity index (χ1) is 12.6. The summed E-state index contributed by atoms with van der Waals surface area (Å²) in [5, 5.41) is 0. The van der Waals surface area contributed by atoms with Gasteiger partial charge in [0.15, 0.2) is 0 Å². The number of pyridine rings is 1. The average Bonchev–Trinajstić information content (AvgIpc) is 3.09. The maximum atomic E-state index is 12.4. The number of likely N-dealkylation sites (tertiary alicyclic amines) is 1. The number of aromatic nitrogens is 1. The molecule has 26 heavy (non-hydrogen) atoms. The summed E-state index contributed by atoms with van der Waals surface area (Å²) in [5.74, 6) is -0.216. The molecular formula is C21H25N3O2. The summed E-state index contributed by atoms with van der Waals surface area (Å²) < 4.78 is 0. The van der Waals surface area contributed by atoms with E-state index in [9.17, 15) is 9.59 Å². The third kappa shape index (κ3) is 3.62. The number of amides is 2. The fourth-order valence-electron chi connectivity index (χ4n) is 3.74. The van der Waals surface area contributed by atoms with Crippen LogP contribution in [0.15, 0.2) is 48.8 Å². The van der Waals surface area contributed by atoms with Gasteiger partial charge in [0.25, 0.3) is 0 Å². The van der Waals surface area contributed by atoms with Crippen molar-refractivity contribution >= 4 is 11.8 Å². The number of benzene rings is 1. The van der Waals surface area contributed by atoms with Gasteiger partial charge in [-0.05, 0) is 48.1 Å². The van der Waals surface area contributed by atoms with Gasteiger partial charge in [-0.25, -0.2) is 0 Å². The molecule has 1 saturated heterocycles. The smallest absolute Gasteiger partial charge is 0.225 e. The molecule has 1 aromatic carbocycles. The minimum atomic E-state index is -0.702. The van der Waals surface area contributed by atoms with E-state index in [1.165, 1.54) is 0 Å². The molecule has 1 fully saturated rings. The number of hydrogen-bond donors (Lipinski definition) is 1. The van der Waals surface area contributed by atoms with E-state index < -0.39 is 5.41 Å². The Labute approximate surface area is 154 Å². The van der Waals surface area contributed by atoms with E-state index in [0.29, 0.717) is 32.4 Å². The minimum Gasteiger partial charge on any atom is -0.369 e. The van der Waals surface area contributed by atoms with Gasteiger partial charge >= 0.3 is 0 Å². The van der Waals surface area contributed by atoms with E-state index in [-0.39, 0.29) is 11.8 Å². The molecule has 1 aliphatic heterocycles. The highest BCUT2D eigenvalue weighted by atomic mass is 16.2. The number of hydrogen-bond acceptors (Lipinski definition) is 3. The predicted molar refractivity (Wildman–Crippen MR) is 101 cm³/mol. The van der Waals surface area contributed by atoms with Crippen molar-refractivity contribution in [3.05, 3.63) is 54.4 Å². The number of nitrogens with two attached hydrogens (primary N) is 1. The molecule has 1 atom stereocenters. The fourth-order valence-corrected chi connectivity index (χ4v) is 3.74. The van der Waals surface area contributed by atoms with Crippen LogP contribution in [0.1, 0.15) is 31.7 Å². The van der Waals surface area contributed by atoms with Crippen LogP contribution in [0.4, 0.5) is 0 Å². The molecule has 2 amide bonds. The van der Waals surface area contributed by atoms with E-state index >= 15 is 0 Å². The molecule has 2 aromatic rings. The Bertz CT molecular complexity index is 791. The summed E-state index contributed by atoms with van der Waals surface area (Å²) in [6.07, 6.45) is 6.00. The van der Waals surface area contributed by atoms with Crippen molar-refractivity contribution < 1.29 is 9.59 Å². The van der Waals surface area contributed by atoms with Crippen LogP contribution < -0.4 is 5.73 Å². The van der Waals surface area contributed by atoms with Crippen LogP contribution in [-0.4, -0.2) is 34.8 Å². The highest BCUT2D eigenvalue weighted by Gasteiger charge is 2.44. The molecule has 2 N–H and O–H groups in total. The van der Waals surface area contributed by atoms with Crippen LogP contribution in [0.25, 0.3) is 11.1 Å². The number of rotatable bonds is 6. The Morgan fingerprint density at radius 3 is 2.62 bits per heavy atom. The van der Waals surface area contributed by atoms with Crippen LogP contribution in [0.5, 0.6) is 0 Å². The molecule has 3 rings (SSSR count). The van der Waals surface area contributed by atoms with Crippen LogP contribution in [0.2, 0.25) is 0 Å². The summed E-state index contributed by atoms with van der Waals surface area (Å²) in [6.45, 7) is 2.99. The molecule has 0 bridgehead atoms. The lowest BCUT2D eigenvalue weighted by molar-refractivity contribution is -0.132. The Kier molecular flexibility index (Phi) is 5.35. The largest absolute Gasteiger partial charge is 0.369 e. The fraction of sp³-hybridized carbons (Fsp3) is 0.381. The molecule has 1 aromatic heterocycles. The molecule has 0 radical (unpaired) electrons. The number of carbonyl (C=O) groups is 2. The standard InChI is InChI=1S/C21H25N3O2/c1-2-5-19(25)24-13-10-21(15-24,20(22)26)14-17-6-3-4-7-18(17)16-8-11-23-12-9-16/h3-4,6-9,11-12H,2,5,10,13-15H2,1H3,(H2,22,26)/t21-/m1/s1. The van der Waals surface area contributed by atoms with Crippen molar-refractivity contribution in [2.24, 2.45) is 11.1 Å². The Morgan fingerprint density at radius 2 is 1.92 bits per heavy atom. The third-order valence-electron chi connectivity index (χ3n) is 5.23. The summed E-state index contributed by atoms with van der Waals surface area (Å²) in [6, 6.07) is 12.0. The third-order valence-corrected chi connectivity index (χ3v) is 5.23. The first-order valence-electron chi connectivity index (χ1n) is 9.12. The molecule has 0 saturated carbocycles. The molecule has 1 aliphatic rings. The predicted octanol–water partition coefficient (Wildman–Crippen LogP) is 2.80. The van der Waals surface area contributed by atoms with E-state index in [1.807, 2.05) is 43.3 Å². The molecule has 5 heteroatoms.